The Morgan fingerprint density at radius 3 is 2.45 bits per heavy atom. The highest BCUT2D eigenvalue weighted by Gasteiger charge is 2.29. The van der Waals surface area contributed by atoms with Gasteiger partial charge < -0.3 is 10.6 Å². The Morgan fingerprint density at radius 1 is 1.13 bits per heavy atom. The maximum Gasteiger partial charge on any atom is 0.283 e. The first-order valence-electron chi connectivity index (χ1n) is 9.34. The standard InChI is InChI=1S/C20H18N6O4S/c1-24-8-9-25(20-19(24)22-13-4-2-3-5-14(13)23-20)17(27)11-31-16-7-6-12(18(21)28)10-15(16)26(29)30/h2-7,10H,8-9,11H2,1H3,(H2,21,28). The van der Waals surface area contributed by atoms with E-state index in [0.717, 1.165) is 23.3 Å². The lowest BCUT2D eigenvalue weighted by atomic mass is 10.2. The summed E-state index contributed by atoms with van der Waals surface area (Å²) in [7, 11) is 1.89. The van der Waals surface area contributed by atoms with Gasteiger partial charge in [-0.1, -0.05) is 12.1 Å². The number of anilines is 2. The molecule has 3 aromatic rings. The molecule has 1 aliphatic rings. The number of amides is 2. The molecule has 2 amide bonds. The minimum absolute atomic E-state index is 0.0333. The van der Waals surface area contributed by atoms with Crippen molar-refractivity contribution in [1.82, 2.24) is 9.97 Å². The van der Waals surface area contributed by atoms with E-state index in [-0.39, 0.29) is 27.8 Å². The number of benzene rings is 2. The molecule has 0 fully saturated rings. The first kappa shape index (κ1) is 20.5. The number of carbonyl (C=O) groups is 2. The Labute approximate surface area is 181 Å². The van der Waals surface area contributed by atoms with E-state index in [1.165, 1.54) is 12.1 Å². The number of nitrogens with zero attached hydrogens (tertiary/aromatic N) is 5. The zero-order valence-corrected chi connectivity index (χ0v) is 17.3. The lowest BCUT2D eigenvalue weighted by Crippen LogP contribution is -2.44. The van der Waals surface area contributed by atoms with Crippen LogP contribution in [0.15, 0.2) is 47.4 Å². The summed E-state index contributed by atoms with van der Waals surface area (Å²) >= 11 is 1.03. The number of likely N-dealkylation sites (N-methyl/N-ethyl adjacent to an activating group) is 1. The van der Waals surface area contributed by atoms with E-state index in [2.05, 4.69) is 9.97 Å². The predicted octanol–water partition coefficient (Wildman–Crippen LogP) is 2.21. The molecule has 2 N–H and O–H groups in total. The molecule has 31 heavy (non-hydrogen) atoms. The molecule has 0 bridgehead atoms. The zero-order chi connectivity index (χ0) is 22.1. The molecule has 11 heteroatoms. The topological polar surface area (TPSA) is 136 Å². The number of rotatable bonds is 5. The lowest BCUT2D eigenvalue weighted by molar-refractivity contribution is -0.387. The molecule has 1 aromatic heterocycles. The number of fused-ring (bicyclic) bond motifs is 2. The largest absolute Gasteiger partial charge is 0.366 e. The maximum absolute atomic E-state index is 13.0. The summed E-state index contributed by atoms with van der Waals surface area (Å²) < 4.78 is 0. The highest BCUT2D eigenvalue weighted by atomic mass is 32.2. The van der Waals surface area contributed by atoms with E-state index in [1.807, 2.05) is 36.2 Å². The Balaban J connectivity index is 1.59. The molecule has 0 spiro atoms. The fourth-order valence-electron chi connectivity index (χ4n) is 3.28. The summed E-state index contributed by atoms with van der Waals surface area (Å²) in [6.45, 7) is 1.02. The summed E-state index contributed by atoms with van der Waals surface area (Å²) in [4.78, 5) is 48.2. The van der Waals surface area contributed by atoms with Crippen molar-refractivity contribution in [2.75, 3.05) is 35.7 Å². The molecule has 2 heterocycles. The summed E-state index contributed by atoms with van der Waals surface area (Å²) in [6, 6.07) is 11.4. The number of para-hydroxylation sites is 2. The normalized spacial score (nSPS) is 13.2. The Kier molecular flexibility index (Phi) is 5.42. The van der Waals surface area contributed by atoms with Gasteiger partial charge in [-0.2, -0.15) is 0 Å². The van der Waals surface area contributed by atoms with Gasteiger partial charge in [-0.05, 0) is 24.3 Å². The molecule has 0 saturated carbocycles. The van der Waals surface area contributed by atoms with Gasteiger partial charge in [0.2, 0.25) is 11.8 Å². The van der Waals surface area contributed by atoms with Crippen molar-refractivity contribution in [2.45, 2.75) is 4.90 Å². The van der Waals surface area contributed by atoms with Gasteiger partial charge >= 0.3 is 0 Å². The van der Waals surface area contributed by atoms with Crippen LogP contribution in [0, 0.1) is 10.1 Å². The number of nitro benzene ring substituents is 1. The highest BCUT2D eigenvalue weighted by molar-refractivity contribution is 8.00. The van der Waals surface area contributed by atoms with Gasteiger partial charge in [0, 0.05) is 31.8 Å². The summed E-state index contributed by atoms with van der Waals surface area (Å²) in [5.41, 5.74) is 6.39. The van der Waals surface area contributed by atoms with Crippen LogP contribution in [0.5, 0.6) is 0 Å². The van der Waals surface area contributed by atoms with Crippen LogP contribution in [0.25, 0.3) is 11.0 Å². The Hall–Kier alpha value is -3.73. The average Bonchev–Trinajstić information content (AvgIpc) is 2.76. The van der Waals surface area contributed by atoms with Gasteiger partial charge in [0.05, 0.1) is 26.6 Å². The molecular formula is C20H18N6O4S. The fraction of sp³-hybridized carbons (Fsp3) is 0.200. The number of nitrogens with two attached hydrogens (primary N) is 1. The molecule has 4 rings (SSSR count). The molecular weight excluding hydrogens is 420 g/mol. The molecule has 1 aliphatic heterocycles. The Morgan fingerprint density at radius 2 is 1.81 bits per heavy atom. The van der Waals surface area contributed by atoms with Crippen molar-refractivity contribution in [1.29, 1.82) is 0 Å². The third-order valence-electron chi connectivity index (χ3n) is 4.90. The minimum Gasteiger partial charge on any atom is -0.366 e. The zero-order valence-electron chi connectivity index (χ0n) is 16.5. The molecule has 0 saturated heterocycles. The van der Waals surface area contributed by atoms with Crippen molar-refractivity contribution in [3.8, 4) is 0 Å². The van der Waals surface area contributed by atoms with Gasteiger partial charge in [-0.15, -0.1) is 11.8 Å². The third-order valence-corrected chi connectivity index (χ3v) is 5.95. The van der Waals surface area contributed by atoms with Gasteiger partial charge in [0.1, 0.15) is 0 Å². The van der Waals surface area contributed by atoms with Crippen LogP contribution in [0.1, 0.15) is 10.4 Å². The van der Waals surface area contributed by atoms with E-state index < -0.39 is 10.8 Å². The number of hydrogen-bond acceptors (Lipinski definition) is 8. The minimum atomic E-state index is -0.754. The third kappa shape index (κ3) is 3.99. The van der Waals surface area contributed by atoms with Crippen molar-refractivity contribution >= 4 is 51.9 Å². The molecule has 0 aliphatic carbocycles. The lowest BCUT2D eigenvalue weighted by Gasteiger charge is -2.33. The van der Waals surface area contributed by atoms with Gasteiger partial charge in [0.15, 0.2) is 11.6 Å². The van der Waals surface area contributed by atoms with E-state index >= 15 is 0 Å². The van der Waals surface area contributed by atoms with Gasteiger partial charge in [-0.3, -0.25) is 24.6 Å². The van der Waals surface area contributed by atoms with E-state index in [4.69, 9.17) is 5.73 Å². The van der Waals surface area contributed by atoms with Gasteiger partial charge in [-0.25, -0.2) is 9.97 Å². The van der Waals surface area contributed by atoms with Crippen LogP contribution < -0.4 is 15.5 Å². The van der Waals surface area contributed by atoms with E-state index in [1.54, 1.807) is 4.90 Å². The van der Waals surface area contributed by atoms with Crippen LogP contribution in [-0.4, -0.2) is 52.6 Å². The quantitative estimate of drug-likeness (QED) is 0.364. The van der Waals surface area contributed by atoms with Crippen LogP contribution in [0.2, 0.25) is 0 Å². The summed E-state index contributed by atoms with van der Waals surface area (Å²) in [6.07, 6.45) is 0. The van der Waals surface area contributed by atoms with Crippen LogP contribution >= 0.6 is 11.8 Å². The van der Waals surface area contributed by atoms with Crippen molar-refractivity contribution in [3.63, 3.8) is 0 Å². The first-order chi connectivity index (χ1) is 14.8. The van der Waals surface area contributed by atoms with E-state index in [0.29, 0.717) is 30.2 Å². The number of thioether (sulfide) groups is 1. The first-order valence-corrected chi connectivity index (χ1v) is 10.3. The summed E-state index contributed by atoms with van der Waals surface area (Å²) in [5.74, 6) is 0.0542. The molecule has 0 radical (unpaired) electrons. The Bertz CT molecular complexity index is 1220. The molecule has 158 valence electrons. The number of carbonyl (C=O) groups excluding carboxylic acids is 2. The second kappa shape index (κ2) is 8.19. The van der Waals surface area contributed by atoms with Crippen LogP contribution in [-0.2, 0) is 4.79 Å². The van der Waals surface area contributed by atoms with Crippen LogP contribution in [0.3, 0.4) is 0 Å². The summed E-state index contributed by atoms with van der Waals surface area (Å²) in [5, 5.41) is 11.4. The molecule has 0 unspecified atom stereocenters. The smallest absolute Gasteiger partial charge is 0.283 e. The SMILES string of the molecule is CN1CCN(C(=O)CSc2ccc(C(N)=O)cc2[N+](=O)[O-])c2nc3ccccc3nc21. The second-order valence-electron chi connectivity index (χ2n) is 6.92. The van der Waals surface area contributed by atoms with E-state index in [9.17, 15) is 19.7 Å². The molecule has 2 aromatic carbocycles. The number of aromatic nitrogens is 2. The monoisotopic (exact) mass is 438 g/mol. The number of nitro groups is 1. The number of primary amides is 1. The second-order valence-corrected chi connectivity index (χ2v) is 7.94. The fourth-order valence-corrected chi connectivity index (χ4v) is 4.16. The van der Waals surface area contributed by atoms with Gasteiger partial charge in [0.25, 0.3) is 5.69 Å². The van der Waals surface area contributed by atoms with Crippen molar-refractivity contribution in [2.24, 2.45) is 5.73 Å². The molecule has 0 atom stereocenters. The van der Waals surface area contributed by atoms with Crippen molar-refractivity contribution < 1.29 is 14.5 Å². The average molecular weight is 438 g/mol. The maximum atomic E-state index is 13.0. The van der Waals surface area contributed by atoms with Crippen LogP contribution in [0.4, 0.5) is 17.3 Å². The predicted molar refractivity (Wildman–Crippen MR) is 117 cm³/mol. The highest BCUT2D eigenvalue weighted by Crippen LogP contribution is 2.33. The molecule has 10 nitrogen and oxygen atoms in total. The van der Waals surface area contributed by atoms with Crippen molar-refractivity contribution in [3.05, 3.63) is 58.1 Å². The number of hydrogen-bond donors (Lipinski definition) is 1.